The highest BCUT2D eigenvalue weighted by molar-refractivity contribution is 5.69. The van der Waals surface area contributed by atoms with Gasteiger partial charge in [0.15, 0.2) is 0 Å². The molecule has 1 aliphatic rings. The lowest BCUT2D eigenvalue weighted by Crippen LogP contribution is -2.54. The Morgan fingerprint density at radius 3 is 2.43 bits per heavy atom. The summed E-state index contributed by atoms with van der Waals surface area (Å²) in [6.07, 6.45) is 3.65. The Labute approximate surface area is 128 Å². The van der Waals surface area contributed by atoms with Crippen molar-refractivity contribution in [2.75, 3.05) is 39.3 Å². The van der Waals surface area contributed by atoms with Gasteiger partial charge in [-0.05, 0) is 40.2 Å². The molecular formula is C16H29N3O2. The van der Waals surface area contributed by atoms with Gasteiger partial charge >= 0.3 is 5.97 Å². The molecule has 1 fully saturated rings. The van der Waals surface area contributed by atoms with Crippen molar-refractivity contribution in [3.63, 3.8) is 0 Å². The first-order chi connectivity index (χ1) is 9.99. The maximum Gasteiger partial charge on any atom is 0.305 e. The number of unbranched alkanes of at least 4 members (excludes halogenated alkanes) is 2. The summed E-state index contributed by atoms with van der Waals surface area (Å²) >= 11 is 0. The first kappa shape index (κ1) is 17.9. The number of carbonyl (C=O) groups is 1. The molecule has 0 unspecified atom stereocenters. The lowest BCUT2D eigenvalue weighted by atomic mass is 10.0. The highest BCUT2D eigenvalue weighted by Crippen LogP contribution is 2.16. The van der Waals surface area contributed by atoms with Gasteiger partial charge in [0.05, 0.1) is 12.7 Å². The Morgan fingerprint density at radius 1 is 1.19 bits per heavy atom. The lowest BCUT2D eigenvalue weighted by molar-refractivity contribution is -0.143. The second-order valence-corrected chi connectivity index (χ2v) is 6.12. The second kappa shape index (κ2) is 9.01. The Bertz CT molecular complexity index is 355. The number of nitriles is 1. The molecule has 0 aromatic heterocycles. The van der Waals surface area contributed by atoms with Crippen molar-refractivity contribution in [2.45, 2.75) is 52.0 Å². The van der Waals surface area contributed by atoms with Crippen LogP contribution in [-0.2, 0) is 9.53 Å². The number of hydrogen-bond donors (Lipinski definition) is 0. The average Bonchev–Trinajstić information content (AvgIpc) is 2.47. The van der Waals surface area contributed by atoms with E-state index in [0.717, 1.165) is 52.0 Å². The van der Waals surface area contributed by atoms with Gasteiger partial charge in [-0.1, -0.05) is 6.42 Å². The molecule has 21 heavy (non-hydrogen) atoms. The molecule has 1 saturated heterocycles. The molecule has 120 valence electrons. The minimum atomic E-state index is -0.355. The van der Waals surface area contributed by atoms with E-state index in [1.165, 1.54) is 0 Å². The van der Waals surface area contributed by atoms with Crippen LogP contribution in [0.4, 0.5) is 0 Å². The molecule has 0 aliphatic carbocycles. The van der Waals surface area contributed by atoms with Crippen LogP contribution in [0.1, 0.15) is 46.5 Å². The van der Waals surface area contributed by atoms with Crippen molar-refractivity contribution < 1.29 is 9.53 Å². The summed E-state index contributed by atoms with van der Waals surface area (Å²) in [6.45, 7) is 11.4. The van der Waals surface area contributed by atoms with E-state index >= 15 is 0 Å². The van der Waals surface area contributed by atoms with Gasteiger partial charge in [0.2, 0.25) is 0 Å². The summed E-state index contributed by atoms with van der Waals surface area (Å²) in [6, 6.07) is 2.37. The predicted octanol–water partition coefficient (Wildman–Crippen LogP) is 2.03. The summed E-state index contributed by atoms with van der Waals surface area (Å²) in [5.74, 6) is -0.0788. The fraction of sp³-hybridized carbons (Fsp3) is 0.875. The zero-order valence-corrected chi connectivity index (χ0v) is 13.7. The van der Waals surface area contributed by atoms with Crippen LogP contribution in [0.3, 0.4) is 0 Å². The van der Waals surface area contributed by atoms with Crippen LogP contribution in [0.25, 0.3) is 0 Å². The minimum Gasteiger partial charge on any atom is -0.466 e. The van der Waals surface area contributed by atoms with Gasteiger partial charge in [-0.2, -0.15) is 5.26 Å². The Balaban J connectivity index is 2.09. The van der Waals surface area contributed by atoms with E-state index < -0.39 is 0 Å². The fourth-order valence-corrected chi connectivity index (χ4v) is 2.62. The zero-order chi connectivity index (χ0) is 15.7. The van der Waals surface area contributed by atoms with Crippen LogP contribution in [0.5, 0.6) is 0 Å². The highest BCUT2D eigenvalue weighted by Gasteiger charge is 2.29. The number of hydrogen-bond acceptors (Lipinski definition) is 5. The molecule has 0 N–H and O–H groups in total. The number of carbonyl (C=O) groups excluding carboxylic acids is 1. The quantitative estimate of drug-likeness (QED) is 0.506. The summed E-state index contributed by atoms with van der Waals surface area (Å²) in [7, 11) is 0. The summed E-state index contributed by atoms with van der Waals surface area (Å²) in [5, 5.41) is 9.15. The maximum absolute atomic E-state index is 11.2. The molecule has 1 heterocycles. The molecule has 0 saturated carbocycles. The first-order valence-corrected chi connectivity index (χ1v) is 8.04. The predicted molar refractivity (Wildman–Crippen MR) is 82.8 cm³/mol. The van der Waals surface area contributed by atoms with Gasteiger partial charge in [-0.3, -0.25) is 9.69 Å². The average molecular weight is 295 g/mol. The van der Waals surface area contributed by atoms with Gasteiger partial charge in [-0.25, -0.2) is 0 Å². The molecule has 0 aromatic rings. The lowest BCUT2D eigenvalue weighted by Gasteiger charge is -2.40. The smallest absolute Gasteiger partial charge is 0.305 e. The van der Waals surface area contributed by atoms with Crippen LogP contribution in [0, 0.1) is 11.3 Å². The van der Waals surface area contributed by atoms with Crippen molar-refractivity contribution in [1.82, 2.24) is 9.80 Å². The third-order valence-electron chi connectivity index (χ3n) is 4.10. The van der Waals surface area contributed by atoms with E-state index in [2.05, 4.69) is 15.9 Å². The highest BCUT2D eigenvalue weighted by atomic mass is 16.5. The van der Waals surface area contributed by atoms with Crippen molar-refractivity contribution in [1.29, 1.82) is 5.26 Å². The fourth-order valence-electron chi connectivity index (χ4n) is 2.62. The van der Waals surface area contributed by atoms with Crippen LogP contribution in [0.2, 0.25) is 0 Å². The van der Waals surface area contributed by atoms with Gasteiger partial charge in [0.25, 0.3) is 0 Å². The van der Waals surface area contributed by atoms with Gasteiger partial charge in [-0.15, -0.1) is 0 Å². The third kappa shape index (κ3) is 6.45. The summed E-state index contributed by atoms with van der Waals surface area (Å²) in [4.78, 5) is 15.9. The standard InChI is InChI=1S/C16H29N3O2/c1-4-21-15(20)8-6-5-7-9-18-10-12-19(13-11-18)16(2,3)14-17/h4-13H2,1-3H3. The second-order valence-electron chi connectivity index (χ2n) is 6.12. The van der Waals surface area contributed by atoms with Crippen molar-refractivity contribution in [3.05, 3.63) is 0 Å². The zero-order valence-electron chi connectivity index (χ0n) is 13.7. The van der Waals surface area contributed by atoms with E-state index in [4.69, 9.17) is 10.00 Å². The van der Waals surface area contributed by atoms with Crippen molar-refractivity contribution in [2.24, 2.45) is 0 Å². The molecule has 1 aliphatic heterocycles. The summed E-state index contributed by atoms with van der Waals surface area (Å²) in [5.41, 5.74) is -0.355. The van der Waals surface area contributed by atoms with Crippen molar-refractivity contribution in [3.8, 4) is 6.07 Å². The maximum atomic E-state index is 11.2. The number of piperazine rings is 1. The van der Waals surface area contributed by atoms with Crippen LogP contribution in [0.15, 0.2) is 0 Å². The first-order valence-electron chi connectivity index (χ1n) is 8.04. The van der Waals surface area contributed by atoms with E-state index in [1.807, 2.05) is 20.8 Å². The van der Waals surface area contributed by atoms with E-state index in [0.29, 0.717) is 13.0 Å². The molecular weight excluding hydrogens is 266 g/mol. The Hall–Kier alpha value is -1.12. The third-order valence-corrected chi connectivity index (χ3v) is 4.10. The minimum absolute atomic E-state index is 0.0788. The SMILES string of the molecule is CCOC(=O)CCCCCN1CCN(C(C)(C)C#N)CC1. The van der Waals surface area contributed by atoms with Gasteiger partial charge in [0, 0.05) is 32.6 Å². The van der Waals surface area contributed by atoms with Crippen molar-refractivity contribution >= 4 is 5.97 Å². The molecule has 0 atom stereocenters. The largest absolute Gasteiger partial charge is 0.466 e. The molecule has 0 bridgehead atoms. The molecule has 0 spiro atoms. The summed E-state index contributed by atoms with van der Waals surface area (Å²) < 4.78 is 4.91. The van der Waals surface area contributed by atoms with Crippen LogP contribution in [-0.4, -0.2) is 60.6 Å². The normalized spacial score (nSPS) is 17.4. The van der Waals surface area contributed by atoms with E-state index in [-0.39, 0.29) is 11.5 Å². The molecule has 1 rings (SSSR count). The monoisotopic (exact) mass is 295 g/mol. The number of nitrogens with zero attached hydrogens (tertiary/aromatic N) is 3. The van der Waals surface area contributed by atoms with E-state index in [1.54, 1.807) is 0 Å². The number of ether oxygens (including phenoxy) is 1. The molecule has 5 nitrogen and oxygen atoms in total. The molecule has 0 amide bonds. The van der Waals surface area contributed by atoms with Crippen LogP contribution >= 0.6 is 0 Å². The van der Waals surface area contributed by atoms with E-state index in [9.17, 15) is 4.79 Å². The molecule has 0 radical (unpaired) electrons. The van der Waals surface area contributed by atoms with Gasteiger partial charge < -0.3 is 9.64 Å². The number of esters is 1. The van der Waals surface area contributed by atoms with Gasteiger partial charge in [0.1, 0.15) is 5.54 Å². The van der Waals surface area contributed by atoms with Crippen LogP contribution < -0.4 is 0 Å². The molecule has 5 heteroatoms. The Kier molecular flexibility index (Phi) is 7.69. The topological polar surface area (TPSA) is 56.6 Å². The molecule has 0 aromatic carbocycles. The number of rotatable bonds is 8. The Morgan fingerprint density at radius 2 is 1.86 bits per heavy atom.